The van der Waals surface area contributed by atoms with Gasteiger partial charge in [-0.05, 0) is 30.5 Å². The molecule has 0 saturated heterocycles. The number of hydrogen-bond acceptors (Lipinski definition) is 1. The summed E-state index contributed by atoms with van der Waals surface area (Å²) in [5.74, 6) is 0.825. The summed E-state index contributed by atoms with van der Waals surface area (Å²) in [6.45, 7) is 17.3. The molecule has 0 unspecified atom stereocenters. The van der Waals surface area contributed by atoms with Gasteiger partial charge < -0.3 is 4.43 Å². The van der Waals surface area contributed by atoms with Gasteiger partial charge in [0.05, 0.1) is 0 Å². The van der Waals surface area contributed by atoms with Crippen LogP contribution in [-0.4, -0.2) is 14.9 Å². The molecule has 0 aliphatic heterocycles. The molecule has 122 valence electrons. The maximum atomic E-state index is 6.26. The van der Waals surface area contributed by atoms with Crippen LogP contribution in [0.2, 0.25) is 18.1 Å². The summed E-state index contributed by atoms with van der Waals surface area (Å²) < 4.78 is 6.26. The zero-order valence-corrected chi connectivity index (χ0v) is 16.3. The van der Waals surface area contributed by atoms with Gasteiger partial charge in [-0.3, -0.25) is 0 Å². The van der Waals surface area contributed by atoms with Gasteiger partial charge in [0.1, 0.15) is 0 Å². The molecule has 2 heteroatoms. The average molecular weight is 301 g/mol. The lowest BCUT2D eigenvalue weighted by Crippen LogP contribution is -2.41. The fourth-order valence-corrected chi connectivity index (χ4v) is 3.21. The molecule has 0 aromatic rings. The molecule has 0 saturated carbocycles. The first-order valence-electron chi connectivity index (χ1n) is 8.84. The molecule has 0 spiro atoms. The predicted octanol–water partition coefficient (Wildman–Crippen LogP) is 6.79. The van der Waals surface area contributed by atoms with Crippen molar-refractivity contribution < 1.29 is 4.43 Å². The molecule has 1 atom stereocenters. The van der Waals surface area contributed by atoms with Crippen molar-refractivity contribution in [2.75, 3.05) is 6.61 Å². The fourth-order valence-electron chi connectivity index (χ4n) is 2.15. The highest BCUT2D eigenvalue weighted by molar-refractivity contribution is 6.74. The highest BCUT2D eigenvalue weighted by Crippen LogP contribution is 2.36. The Hall–Kier alpha value is 0.177. The Labute approximate surface area is 130 Å². The third-order valence-corrected chi connectivity index (χ3v) is 9.47. The van der Waals surface area contributed by atoms with Crippen LogP contribution in [0.5, 0.6) is 0 Å². The van der Waals surface area contributed by atoms with E-state index >= 15 is 0 Å². The molecular weight excluding hydrogens is 260 g/mol. The van der Waals surface area contributed by atoms with Crippen molar-refractivity contribution in [1.82, 2.24) is 0 Å². The van der Waals surface area contributed by atoms with Crippen molar-refractivity contribution in [3.63, 3.8) is 0 Å². The lowest BCUT2D eigenvalue weighted by atomic mass is 9.99. The van der Waals surface area contributed by atoms with Crippen molar-refractivity contribution in [3.05, 3.63) is 0 Å². The Morgan fingerprint density at radius 3 is 2.00 bits per heavy atom. The summed E-state index contributed by atoms with van der Waals surface area (Å²) in [6.07, 6.45) is 11.1. The van der Waals surface area contributed by atoms with E-state index in [4.69, 9.17) is 4.43 Å². The molecule has 0 bridgehead atoms. The second-order valence-corrected chi connectivity index (χ2v) is 12.9. The first-order chi connectivity index (χ1) is 9.20. The third kappa shape index (κ3) is 9.18. The molecule has 0 aliphatic rings. The van der Waals surface area contributed by atoms with E-state index in [0.29, 0.717) is 5.04 Å². The predicted molar refractivity (Wildman–Crippen MR) is 94.9 cm³/mol. The van der Waals surface area contributed by atoms with Gasteiger partial charge in [-0.15, -0.1) is 0 Å². The second-order valence-electron chi connectivity index (χ2n) is 8.06. The van der Waals surface area contributed by atoms with Crippen LogP contribution in [-0.2, 0) is 4.43 Å². The van der Waals surface area contributed by atoms with Gasteiger partial charge >= 0.3 is 0 Å². The van der Waals surface area contributed by atoms with Crippen LogP contribution in [0.15, 0.2) is 0 Å². The molecule has 0 aromatic heterocycles. The smallest absolute Gasteiger partial charge is 0.191 e. The molecule has 0 amide bonds. The summed E-state index contributed by atoms with van der Waals surface area (Å²) in [5.41, 5.74) is 0. The Morgan fingerprint density at radius 1 is 0.900 bits per heavy atom. The van der Waals surface area contributed by atoms with E-state index < -0.39 is 8.32 Å². The summed E-state index contributed by atoms with van der Waals surface area (Å²) in [7, 11) is -1.52. The number of rotatable bonds is 11. The van der Waals surface area contributed by atoms with E-state index in [1.54, 1.807) is 0 Å². The van der Waals surface area contributed by atoms with Gasteiger partial charge in [-0.1, -0.05) is 79.6 Å². The van der Waals surface area contributed by atoms with E-state index in [-0.39, 0.29) is 0 Å². The Morgan fingerprint density at radius 2 is 1.45 bits per heavy atom. The van der Waals surface area contributed by atoms with E-state index in [9.17, 15) is 0 Å². The zero-order chi connectivity index (χ0) is 15.6. The van der Waals surface area contributed by atoms with E-state index in [1.807, 2.05) is 0 Å². The Balaban J connectivity index is 3.61. The van der Waals surface area contributed by atoms with Crippen LogP contribution in [0.1, 0.15) is 86.0 Å². The minimum atomic E-state index is -1.52. The first kappa shape index (κ1) is 20.2. The second kappa shape index (κ2) is 10.00. The monoisotopic (exact) mass is 300 g/mol. The molecule has 0 radical (unpaired) electrons. The molecular formula is C18H40OSi. The molecule has 0 aromatic carbocycles. The summed E-state index contributed by atoms with van der Waals surface area (Å²) in [4.78, 5) is 0. The van der Waals surface area contributed by atoms with Crippen molar-refractivity contribution in [2.24, 2.45) is 5.92 Å². The van der Waals surface area contributed by atoms with Gasteiger partial charge in [0.25, 0.3) is 0 Å². The lowest BCUT2D eigenvalue weighted by molar-refractivity contribution is 0.254. The zero-order valence-electron chi connectivity index (χ0n) is 15.3. The van der Waals surface area contributed by atoms with Crippen molar-refractivity contribution >= 4 is 8.32 Å². The number of unbranched alkanes of at least 4 members (excludes halogenated alkanes) is 5. The minimum Gasteiger partial charge on any atom is -0.417 e. The standard InChI is InChI=1S/C18H40OSi/c1-8-9-10-11-12-13-14-17(2)15-16-19-20(6,7)18(3,4)5/h17H,8-16H2,1-7H3/t17-/m0/s1. The quantitative estimate of drug-likeness (QED) is 0.301. The van der Waals surface area contributed by atoms with Crippen LogP contribution in [0.4, 0.5) is 0 Å². The Kier molecular flexibility index (Phi) is 10.1. The van der Waals surface area contributed by atoms with E-state index in [1.165, 1.54) is 51.4 Å². The topological polar surface area (TPSA) is 9.23 Å². The fraction of sp³-hybridized carbons (Fsp3) is 1.00. The van der Waals surface area contributed by atoms with Gasteiger partial charge in [0, 0.05) is 6.61 Å². The normalized spacial score (nSPS) is 14.6. The highest BCUT2D eigenvalue weighted by atomic mass is 28.4. The molecule has 0 aliphatic carbocycles. The maximum absolute atomic E-state index is 6.26. The van der Waals surface area contributed by atoms with Crippen molar-refractivity contribution in [1.29, 1.82) is 0 Å². The minimum absolute atomic E-state index is 0.343. The maximum Gasteiger partial charge on any atom is 0.191 e. The Bertz CT molecular complexity index is 230. The van der Waals surface area contributed by atoms with Crippen molar-refractivity contribution in [3.8, 4) is 0 Å². The van der Waals surface area contributed by atoms with Crippen LogP contribution >= 0.6 is 0 Å². The van der Waals surface area contributed by atoms with Gasteiger partial charge in [0.15, 0.2) is 8.32 Å². The van der Waals surface area contributed by atoms with Gasteiger partial charge in [-0.25, -0.2) is 0 Å². The third-order valence-electron chi connectivity index (χ3n) is 4.93. The average Bonchev–Trinajstić information content (AvgIpc) is 2.32. The summed E-state index contributed by atoms with van der Waals surface area (Å²) >= 11 is 0. The van der Waals surface area contributed by atoms with E-state index in [0.717, 1.165) is 12.5 Å². The molecule has 20 heavy (non-hydrogen) atoms. The lowest BCUT2D eigenvalue weighted by Gasteiger charge is -2.36. The van der Waals surface area contributed by atoms with Gasteiger partial charge in [-0.2, -0.15) is 0 Å². The first-order valence-corrected chi connectivity index (χ1v) is 11.8. The van der Waals surface area contributed by atoms with Crippen molar-refractivity contribution in [2.45, 2.75) is 104 Å². The largest absolute Gasteiger partial charge is 0.417 e. The molecule has 0 heterocycles. The SMILES string of the molecule is CCCCCCCC[C@H](C)CCO[Si](C)(C)C(C)(C)C. The molecule has 0 N–H and O–H groups in total. The van der Waals surface area contributed by atoms with Crippen LogP contribution in [0, 0.1) is 5.92 Å². The molecule has 0 rings (SSSR count). The van der Waals surface area contributed by atoms with Crippen LogP contribution in [0.25, 0.3) is 0 Å². The molecule has 1 nitrogen and oxygen atoms in total. The number of hydrogen-bond donors (Lipinski definition) is 0. The van der Waals surface area contributed by atoms with Crippen LogP contribution < -0.4 is 0 Å². The summed E-state index contributed by atoms with van der Waals surface area (Å²) in [6, 6.07) is 0. The van der Waals surface area contributed by atoms with E-state index in [2.05, 4.69) is 47.7 Å². The van der Waals surface area contributed by atoms with Crippen LogP contribution in [0.3, 0.4) is 0 Å². The van der Waals surface area contributed by atoms with Gasteiger partial charge in [0.2, 0.25) is 0 Å². The molecule has 0 fully saturated rings. The highest BCUT2D eigenvalue weighted by Gasteiger charge is 2.36. The summed E-state index contributed by atoms with van der Waals surface area (Å²) in [5, 5.41) is 0.343.